The molecular weight excluding hydrogens is 361 g/mol. The van der Waals surface area contributed by atoms with E-state index in [1.54, 1.807) is 41.3 Å². The number of aliphatic carboxylic acids is 1. The van der Waals surface area contributed by atoms with Gasteiger partial charge in [-0.1, -0.05) is 17.7 Å². The van der Waals surface area contributed by atoms with E-state index in [1.165, 1.54) is 6.07 Å². The van der Waals surface area contributed by atoms with Gasteiger partial charge in [0, 0.05) is 17.3 Å². The predicted molar refractivity (Wildman–Crippen MR) is 84.2 cm³/mol. The normalized spacial score (nSPS) is 10.4. The van der Waals surface area contributed by atoms with Crippen molar-refractivity contribution >= 4 is 39.2 Å². The Kier molecular flexibility index (Phi) is 5.20. The molecule has 0 spiro atoms. The van der Waals surface area contributed by atoms with Crippen LogP contribution < -0.4 is 4.90 Å². The molecule has 110 valence electrons. The smallest absolute Gasteiger partial charge is 0.323 e. The van der Waals surface area contributed by atoms with Crippen molar-refractivity contribution in [2.75, 3.05) is 11.4 Å². The van der Waals surface area contributed by atoms with Crippen molar-refractivity contribution in [3.05, 3.63) is 63.3 Å². The number of nitrogens with zero attached hydrogens (tertiary/aromatic N) is 1. The van der Waals surface area contributed by atoms with Crippen molar-refractivity contribution < 1.29 is 14.3 Å². The molecule has 2 aromatic carbocycles. The Morgan fingerprint density at radius 2 is 1.90 bits per heavy atom. The maximum Gasteiger partial charge on any atom is 0.323 e. The van der Waals surface area contributed by atoms with Gasteiger partial charge in [0.2, 0.25) is 0 Å². The van der Waals surface area contributed by atoms with E-state index in [9.17, 15) is 9.18 Å². The summed E-state index contributed by atoms with van der Waals surface area (Å²) in [5.41, 5.74) is 1.54. The number of halogens is 3. The standard InChI is InChI=1S/C15H12BrClFNO2/c16-13-7-10(1-6-14(13)18)8-19(9-15(20)21)12-4-2-11(17)3-5-12/h1-7H,8-9H2,(H,20,21). The van der Waals surface area contributed by atoms with Gasteiger partial charge in [-0.3, -0.25) is 4.79 Å². The summed E-state index contributed by atoms with van der Waals surface area (Å²) < 4.78 is 13.6. The Labute approximate surface area is 135 Å². The van der Waals surface area contributed by atoms with Crippen LogP contribution in [0.4, 0.5) is 10.1 Å². The first-order chi connectivity index (χ1) is 9.95. The fourth-order valence-corrected chi connectivity index (χ4v) is 2.46. The highest BCUT2D eigenvalue weighted by molar-refractivity contribution is 9.10. The van der Waals surface area contributed by atoms with Crippen LogP contribution in [0.3, 0.4) is 0 Å². The third kappa shape index (κ3) is 4.44. The lowest BCUT2D eigenvalue weighted by molar-refractivity contribution is -0.135. The van der Waals surface area contributed by atoms with Crippen molar-refractivity contribution in [3.63, 3.8) is 0 Å². The van der Waals surface area contributed by atoms with Crippen molar-refractivity contribution in [1.82, 2.24) is 0 Å². The van der Waals surface area contributed by atoms with E-state index < -0.39 is 5.97 Å². The highest BCUT2D eigenvalue weighted by Crippen LogP contribution is 2.22. The molecule has 0 unspecified atom stereocenters. The van der Waals surface area contributed by atoms with E-state index in [4.69, 9.17) is 16.7 Å². The number of benzene rings is 2. The molecule has 0 aromatic heterocycles. The summed E-state index contributed by atoms with van der Waals surface area (Å²) >= 11 is 8.96. The topological polar surface area (TPSA) is 40.5 Å². The van der Waals surface area contributed by atoms with Crippen LogP contribution in [-0.4, -0.2) is 17.6 Å². The van der Waals surface area contributed by atoms with Gasteiger partial charge in [0.15, 0.2) is 0 Å². The first-order valence-electron chi connectivity index (χ1n) is 6.12. The van der Waals surface area contributed by atoms with Crippen LogP contribution in [0.2, 0.25) is 5.02 Å². The number of carbonyl (C=O) groups is 1. The fourth-order valence-electron chi connectivity index (χ4n) is 1.91. The number of rotatable bonds is 5. The highest BCUT2D eigenvalue weighted by atomic mass is 79.9. The van der Waals surface area contributed by atoms with E-state index in [1.807, 2.05) is 0 Å². The molecule has 0 aliphatic rings. The van der Waals surface area contributed by atoms with Gasteiger partial charge >= 0.3 is 5.97 Å². The van der Waals surface area contributed by atoms with Crippen molar-refractivity contribution in [2.45, 2.75) is 6.54 Å². The lowest BCUT2D eigenvalue weighted by Crippen LogP contribution is -2.29. The Balaban J connectivity index is 2.25. The zero-order chi connectivity index (χ0) is 15.4. The average Bonchev–Trinajstić information content (AvgIpc) is 2.42. The minimum Gasteiger partial charge on any atom is -0.480 e. The van der Waals surface area contributed by atoms with Crippen LogP contribution in [0.1, 0.15) is 5.56 Å². The van der Waals surface area contributed by atoms with Crippen molar-refractivity contribution in [2.24, 2.45) is 0 Å². The molecule has 0 aliphatic carbocycles. The van der Waals surface area contributed by atoms with Gasteiger partial charge in [-0.15, -0.1) is 0 Å². The van der Waals surface area contributed by atoms with Crippen molar-refractivity contribution in [3.8, 4) is 0 Å². The first kappa shape index (κ1) is 15.8. The molecule has 0 amide bonds. The Bertz CT molecular complexity index is 649. The minimum absolute atomic E-state index is 0.156. The number of hydrogen-bond acceptors (Lipinski definition) is 2. The number of anilines is 1. The summed E-state index contributed by atoms with van der Waals surface area (Å²) in [7, 11) is 0. The second-order valence-electron chi connectivity index (χ2n) is 4.47. The molecule has 0 saturated carbocycles. The van der Waals surface area contributed by atoms with Crippen LogP contribution in [0.5, 0.6) is 0 Å². The maximum atomic E-state index is 13.2. The molecule has 0 bridgehead atoms. The molecule has 2 rings (SSSR count). The van der Waals surface area contributed by atoms with E-state index >= 15 is 0 Å². The maximum absolute atomic E-state index is 13.2. The summed E-state index contributed by atoms with van der Waals surface area (Å²) in [5.74, 6) is -1.29. The lowest BCUT2D eigenvalue weighted by Gasteiger charge is -2.23. The second kappa shape index (κ2) is 6.91. The Hall–Kier alpha value is -1.59. The summed E-state index contributed by atoms with van der Waals surface area (Å²) in [5, 5.41) is 9.62. The Morgan fingerprint density at radius 1 is 1.24 bits per heavy atom. The van der Waals surface area contributed by atoms with E-state index in [0.29, 0.717) is 16.0 Å². The van der Waals surface area contributed by atoms with Gasteiger partial charge in [-0.2, -0.15) is 0 Å². The van der Waals surface area contributed by atoms with Gasteiger partial charge in [0.25, 0.3) is 0 Å². The monoisotopic (exact) mass is 371 g/mol. The lowest BCUT2D eigenvalue weighted by atomic mass is 10.2. The van der Waals surface area contributed by atoms with Crippen LogP contribution in [0, 0.1) is 5.82 Å². The molecule has 0 atom stereocenters. The second-order valence-corrected chi connectivity index (χ2v) is 5.77. The van der Waals surface area contributed by atoms with Crippen LogP contribution in [0.15, 0.2) is 46.9 Å². The summed E-state index contributed by atoms with van der Waals surface area (Å²) in [6.07, 6.45) is 0. The number of hydrogen-bond donors (Lipinski definition) is 1. The molecular formula is C15H12BrClFNO2. The third-order valence-corrected chi connectivity index (χ3v) is 3.74. The highest BCUT2D eigenvalue weighted by Gasteiger charge is 2.12. The van der Waals surface area contributed by atoms with Crippen LogP contribution in [-0.2, 0) is 11.3 Å². The zero-order valence-corrected chi connectivity index (χ0v) is 13.2. The van der Waals surface area contributed by atoms with Gasteiger partial charge in [0.1, 0.15) is 12.4 Å². The van der Waals surface area contributed by atoms with Gasteiger partial charge in [-0.25, -0.2) is 4.39 Å². The first-order valence-corrected chi connectivity index (χ1v) is 7.29. The molecule has 0 heterocycles. The quantitative estimate of drug-likeness (QED) is 0.849. The summed E-state index contributed by atoms with van der Waals surface area (Å²) in [6.45, 7) is 0.198. The zero-order valence-electron chi connectivity index (χ0n) is 10.9. The third-order valence-electron chi connectivity index (χ3n) is 2.88. The number of carboxylic acids is 1. The molecule has 3 nitrogen and oxygen atoms in total. The molecule has 2 aromatic rings. The molecule has 0 fully saturated rings. The molecule has 1 N–H and O–H groups in total. The molecule has 0 radical (unpaired) electrons. The molecule has 21 heavy (non-hydrogen) atoms. The van der Waals surface area contributed by atoms with Gasteiger partial charge in [0.05, 0.1) is 4.47 Å². The molecule has 6 heteroatoms. The molecule has 0 saturated heterocycles. The number of carboxylic acid groups (broad SMARTS) is 1. The van der Waals surface area contributed by atoms with E-state index in [2.05, 4.69) is 15.9 Å². The predicted octanol–water partition coefficient (Wildman–Crippen LogP) is 4.33. The van der Waals surface area contributed by atoms with Gasteiger partial charge < -0.3 is 10.0 Å². The summed E-state index contributed by atoms with van der Waals surface area (Å²) in [4.78, 5) is 12.7. The van der Waals surface area contributed by atoms with Crippen LogP contribution >= 0.6 is 27.5 Å². The van der Waals surface area contributed by atoms with Gasteiger partial charge in [-0.05, 0) is 57.9 Å². The van der Waals surface area contributed by atoms with Crippen LogP contribution in [0.25, 0.3) is 0 Å². The fraction of sp³-hybridized carbons (Fsp3) is 0.133. The minimum atomic E-state index is -0.939. The summed E-state index contributed by atoms with van der Waals surface area (Å²) in [6, 6.07) is 11.5. The largest absolute Gasteiger partial charge is 0.480 e. The van der Waals surface area contributed by atoms with Crippen molar-refractivity contribution in [1.29, 1.82) is 0 Å². The van der Waals surface area contributed by atoms with E-state index in [0.717, 1.165) is 11.3 Å². The molecule has 0 aliphatic heterocycles. The van der Waals surface area contributed by atoms with E-state index in [-0.39, 0.29) is 12.4 Å². The Morgan fingerprint density at radius 3 is 2.48 bits per heavy atom. The SMILES string of the molecule is O=C(O)CN(Cc1ccc(F)c(Br)c1)c1ccc(Cl)cc1. The average molecular weight is 373 g/mol.